The minimum absolute atomic E-state index is 0.0181. The van der Waals surface area contributed by atoms with Crippen molar-refractivity contribution in [2.75, 3.05) is 19.6 Å². The molecule has 0 spiro atoms. The van der Waals surface area contributed by atoms with Gasteiger partial charge in [-0.2, -0.15) is 0 Å². The van der Waals surface area contributed by atoms with Crippen LogP contribution in [-0.2, 0) is 4.79 Å². The number of carbonyl (C=O) groups is 2. The summed E-state index contributed by atoms with van der Waals surface area (Å²) in [4.78, 5) is 25.2. The SMILES string of the molecule is O=C1CCN(C(=O)c2cc(Cl)ccc2Br)CCN1. The Hall–Kier alpha value is -1.07. The molecule has 0 saturated carbocycles. The molecule has 1 aromatic rings. The van der Waals surface area contributed by atoms with Crippen LogP contribution in [0.1, 0.15) is 16.8 Å². The molecular weight excluding hydrogens is 320 g/mol. The Morgan fingerprint density at radius 3 is 2.94 bits per heavy atom. The summed E-state index contributed by atoms with van der Waals surface area (Å²) < 4.78 is 0.709. The summed E-state index contributed by atoms with van der Waals surface area (Å²) in [5.41, 5.74) is 0.525. The third-order valence-electron chi connectivity index (χ3n) is 2.76. The van der Waals surface area contributed by atoms with Crippen LogP contribution >= 0.6 is 27.5 Å². The van der Waals surface area contributed by atoms with Crippen molar-refractivity contribution in [3.63, 3.8) is 0 Å². The molecule has 1 aliphatic rings. The highest BCUT2D eigenvalue weighted by molar-refractivity contribution is 9.10. The number of hydrogen-bond acceptors (Lipinski definition) is 2. The quantitative estimate of drug-likeness (QED) is 0.856. The number of rotatable bonds is 1. The molecule has 1 N–H and O–H groups in total. The molecule has 1 aliphatic heterocycles. The Morgan fingerprint density at radius 2 is 2.17 bits per heavy atom. The van der Waals surface area contributed by atoms with E-state index in [0.29, 0.717) is 41.1 Å². The van der Waals surface area contributed by atoms with Crippen LogP contribution < -0.4 is 5.32 Å². The normalized spacial score (nSPS) is 16.1. The molecule has 1 saturated heterocycles. The van der Waals surface area contributed by atoms with Gasteiger partial charge in [0.15, 0.2) is 0 Å². The van der Waals surface area contributed by atoms with Crippen molar-refractivity contribution in [2.45, 2.75) is 6.42 Å². The van der Waals surface area contributed by atoms with E-state index < -0.39 is 0 Å². The second-order valence-corrected chi connectivity index (χ2v) is 5.31. The summed E-state index contributed by atoms with van der Waals surface area (Å²) >= 11 is 9.24. The van der Waals surface area contributed by atoms with E-state index in [1.807, 2.05) is 0 Å². The second-order valence-electron chi connectivity index (χ2n) is 4.02. The van der Waals surface area contributed by atoms with Crippen LogP contribution in [-0.4, -0.2) is 36.3 Å². The maximum absolute atomic E-state index is 12.3. The summed E-state index contributed by atoms with van der Waals surface area (Å²) in [6.07, 6.45) is 0.337. The van der Waals surface area contributed by atoms with Crippen molar-refractivity contribution >= 4 is 39.3 Å². The van der Waals surface area contributed by atoms with Gasteiger partial charge >= 0.3 is 0 Å². The van der Waals surface area contributed by atoms with E-state index in [9.17, 15) is 9.59 Å². The summed E-state index contributed by atoms with van der Waals surface area (Å²) in [6, 6.07) is 5.10. The molecule has 0 aliphatic carbocycles. The number of carbonyl (C=O) groups excluding carboxylic acids is 2. The van der Waals surface area contributed by atoms with Crippen LogP contribution in [0.5, 0.6) is 0 Å². The number of nitrogens with zero attached hydrogens (tertiary/aromatic N) is 1. The topological polar surface area (TPSA) is 49.4 Å². The molecule has 0 bridgehead atoms. The lowest BCUT2D eigenvalue weighted by atomic mass is 10.2. The van der Waals surface area contributed by atoms with Crippen molar-refractivity contribution < 1.29 is 9.59 Å². The maximum atomic E-state index is 12.3. The first-order valence-corrected chi connectivity index (χ1v) is 6.76. The van der Waals surface area contributed by atoms with Crippen molar-refractivity contribution in [3.8, 4) is 0 Å². The lowest BCUT2D eigenvalue weighted by Gasteiger charge is -2.20. The first-order chi connectivity index (χ1) is 8.58. The van der Waals surface area contributed by atoms with Gasteiger partial charge in [-0.3, -0.25) is 9.59 Å². The van der Waals surface area contributed by atoms with E-state index >= 15 is 0 Å². The molecule has 4 nitrogen and oxygen atoms in total. The van der Waals surface area contributed by atoms with Crippen molar-refractivity contribution in [2.24, 2.45) is 0 Å². The Morgan fingerprint density at radius 1 is 1.39 bits per heavy atom. The van der Waals surface area contributed by atoms with Gasteiger partial charge in [-0.1, -0.05) is 11.6 Å². The van der Waals surface area contributed by atoms with Crippen LogP contribution in [0.4, 0.5) is 0 Å². The third-order valence-corrected chi connectivity index (χ3v) is 3.69. The zero-order valence-corrected chi connectivity index (χ0v) is 11.9. The van der Waals surface area contributed by atoms with E-state index in [2.05, 4.69) is 21.2 Å². The maximum Gasteiger partial charge on any atom is 0.255 e. The average Bonchev–Trinajstić information content (AvgIpc) is 2.56. The molecule has 0 unspecified atom stereocenters. The molecule has 2 amide bonds. The van der Waals surface area contributed by atoms with Crippen LogP contribution in [0.2, 0.25) is 5.02 Å². The zero-order chi connectivity index (χ0) is 13.1. The highest BCUT2D eigenvalue weighted by Gasteiger charge is 2.21. The zero-order valence-electron chi connectivity index (χ0n) is 9.58. The number of benzene rings is 1. The minimum atomic E-state index is -0.110. The summed E-state index contributed by atoms with van der Waals surface area (Å²) in [7, 11) is 0. The van der Waals surface area contributed by atoms with Crippen LogP contribution in [0.15, 0.2) is 22.7 Å². The first kappa shape index (κ1) is 13.4. The summed E-state index contributed by atoms with van der Waals surface area (Å²) in [6.45, 7) is 1.44. The van der Waals surface area contributed by atoms with E-state index in [0.717, 1.165) is 0 Å². The fourth-order valence-electron chi connectivity index (χ4n) is 1.80. The Balaban J connectivity index is 2.19. The van der Waals surface area contributed by atoms with Gasteiger partial charge in [0.2, 0.25) is 5.91 Å². The minimum Gasteiger partial charge on any atom is -0.354 e. The first-order valence-electron chi connectivity index (χ1n) is 5.59. The van der Waals surface area contributed by atoms with Gasteiger partial charge in [0.05, 0.1) is 5.56 Å². The molecule has 1 aromatic carbocycles. The Bertz CT molecular complexity index is 493. The molecule has 1 fully saturated rings. The number of amides is 2. The number of nitrogens with one attached hydrogen (secondary N) is 1. The molecule has 0 aromatic heterocycles. The van der Waals surface area contributed by atoms with Crippen LogP contribution in [0.25, 0.3) is 0 Å². The highest BCUT2D eigenvalue weighted by atomic mass is 79.9. The van der Waals surface area contributed by atoms with Crippen molar-refractivity contribution in [1.29, 1.82) is 0 Å². The molecule has 0 radical (unpaired) electrons. The number of halogens is 2. The molecule has 0 atom stereocenters. The van der Waals surface area contributed by atoms with Gasteiger partial charge in [0.1, 0.15) is 0 Å². The van der Waals surface area contributed by atoms with E-state index in [-0.39, 0.29) is 11.8 Å². The molecule has 1 heterocycles. The summed E-state index contributed by atoms with van der Waals surface area (Å²) in [5, 5.41) is 3.26. The second kappa shape index (κ2) is 5.71. The summed E-state index contributed by atoms with van der Waals surface area (Å²) in [5.74, 6) is -0.128. The fraction of sp³-hybridized carbons (Fsp3) is 0.333. The van der Waals surface area contributed by atoms with Gasteiger partial charge in [-0.15, -0.1) is 0 Å². The standard InChI is InChI=1S/C12H12BrClN2O2/c13-10-2-1-8(14)7-9(10)12(18)16-5-3-11(17)15-4-6-16/h1-2,7H,3-6H2,(H,15,17). The van der Waals surface area contributed by atoms with Gasteiger partial charge in [0.25, 0.3) is 5.91 Å². The van der Waals surface area contributed by atoms with Gasteiger partial charge in [-0.25, -0.2) is 0 Å². The molecule has 2 rings (SSSR count). The van der Waals surface area contributed by atoms with E-state index in [1.165, 1.54) is 0 Å². The van der Waals surface area contributed by atoms with Gasteiger partial charge in [0, 0.05) is 35.6 Å². The third kappa shape index (κ3) is 3.03. The lowest BCUT2D eigenvalue weighted by molar-refractivity contribution is -0.120. The predicted octanol–water partition coefficient (Wildman–Crippen LogP) is 2.06. The van der Waals surface area contributed by atoms with Crippen molar-refractivity contribution in [3.05, 3.63) is 33.3 Å². The molecule has 6 heteroatoms. The van der Waals surface area contributed by atoms with Crippen molar-refractivity contribution in [1.82, 2.24) is 10.2 Å². The Kier molecular flexibility index (Phi) is 4.24. The molecule has 18 heavy (non-hydrogen) atoms. The lowest BCUT2D eigenvalue weighted by Crippen LogP contribution is -2.34. The smallest absolute Gasteiger partial charge is 0.255 e. The average molecular weight is 332 g/mol. The highest BCUT2D eigenvalue weighted by Crippen LogP contribution is 2.22. The van der Waals surface area contributed by atoms with Crippen LogP contribution in [0, 0.1) is 0 Å². The monoisotopic (exact) mass is 330 g/mol. The predicted molar refractivity (Wildman–Crippen MR) is 72.7 cm³/mol. The van der Waals surface area contributed by atoms with Gasteiger partial charge < -0.3 is 10.2 Å². The number of hydrogen-bond donors (Lipinski definition) is 1. The molecular formula is C12H12BrClN2O2. The largest absolute Gasteiger partial charge is 0.354 e. The van der Waals surface area contributed by atoms with Crippen LogP contribution in [0.3, 0.4) is 0 Å². The fourth-order valence-corrected chi connectivity index (χ4v) is 2.39. The molecule has 96 valence electrons. The Labute approximate surface area is 118 Å². The van der Waals surface area contributed by atoms with E-state index in [1.54, 1.807) is 23.1 Å². The van der Waals surface area contributed by atoms with Gasteiger partial charge in [-0.05, 0) is 34.1 Å². The van der Waals surface area contributed by atoms with E-state index in [4.69, 9.17) is 11.6 Å².